The lowest BCUT2D eigenvalue weighted by Crippen LogP contribution is -2.58. The van der Waals surface area contributed by atoms with Crippen LogP contribution in [-0.2, 0) is 11.2 Å². The Labute approximate surface area is 136 Å². The van der Waals surface area contributed by atoms with Crippen LogP contribution < -0.4 is 0 Å². The summed E-state index contributed by atoms with van der Waals surface area (Å²) in [6, 6.07) is 5.38. The van der Waals surface area contributed by atoms with E-state index in [0.29, 0.717) is 16.5 Å². The van der Waals surface area contributed by atoms with Crippen molar-refractivity contribution in [2.75, 3.05) is 26.3 Å². The fraction of sp³-hybridized carbons (Fsp3) is 0.625. The van der Waals surface area contributed by atoms with Gasteiger partial charge in [-0.15, -0.1) is 0 Å². The van der Waals surface area contributed by atoms with Crippen molar-refractivity contribution in [1.29, 1.82) is 0 Å². The smallest absolute Gasteiger partial charge is 0.0761 e. The Morgan fingerprint density at radius 3 is 2.62 bits per heavy atom. The molecule has 0 saturated carbocycles. The maximum Gasteiger partial charge on any atom is 0.0761 e. The number of nitrogens with zero attached hydrogens (tertiary/aromatic N) is 1. The second-order valence-corrected chi connectivity index (χ2v) is 6.61. The van der Waals surface area contributed by atoms with E-state index < -0.39 is 6.10 Å². The minimum atomic E-state index is -0.503. The molecule has 0 spiro atoms. The molecule has 2 unspecified atom stereocenters. The zero-order valence-electron chi connectivity index (χ0n) is 12.6. The summed E-state index contributed by atoms with van der Waals surface area (Å²) in [5.41, 5.74) is 0.611. The lowest BCUT2D eigenvalue weighted by atomic mass is 9.85. The zero-order valence-corrected chi connectivity index (χ0v) is 14.1. The summed E-state index contributed by atoms with van der Waals surface area (Å²) in [5, 5.41) is 12.1. The van der Waals surface area contributed by atoms with Gasteiger partial charge in [-0.2, -0.15) is 0 Å². The number of rotatable bonds is 5. The van der Waals surface area contributed by atoms with Crippen molar-refractivity contribution in [3.63, 3.8) is 0 Å². The molecule has 1 aromatic carbocycles. The first-order valence-corrected chi connectivity index (χ1v) is 8.17. The van der Waals surface area contributed by atoms with E-state index >= 15 is 0 Å². The number of ether oxygens (including phenoxy) is 1. The van der Waals surface area contributed by atoms with Gasteiger partial charge in [-0.05, 0) is 37.1 Å². The molecule has 2 atom stereocenters. The SMILES string of the molecule is CCC(C)(C(O)Cc1cc(Cl)ccc1Cl)N1CCOCC1. The molecule has 1 fully saturated rings. The highest BCUT2D eigenvalue weighted by Crippen LogP contribution is 2.30. The van der Waals surface area contributed by atoms with Crippen molar-refractivity contribution in [2.45, 2.75) is 38.3 Å². The van der Waals surface area contributed by atoms with Crippen LogP contribution in [0, 0.1) is 0 Å². The maximum absolute atomic E-state index is 10.8. The predicted molar refractivity (Wildman–Crippen MR) is 87.3 cm³/mol. The predicted octanol–water partition coefficient (Wildman–Crippen LogP) is 3.40. The molecule has 1 aliphatic rings. The molecular formula is C16H23Cl2NO2. The van der Waals surface area contributed by atoms with Gasteiger partial charge in [0.25, 0.3) is 0 Å². The molecule has 5 heteroatoms. The summed E-state index contributed by atoms with van der Waals surface area (Å²) in [5.74, 6) is 0. The van der Waals surface area contributed by atoms with Gasteiger partial charge in [-0.1, -0.05) is 30.1 Å². The summed E-state index contributed by atoms with van der Waals surface area (Å²) in [7, 11) is 0. The minimum Gasteiger partial charge on any atom is -0.391 e. The van der Waals surface area contributed by atoms with Gasteiger partial charge in [-0.3, -0.25) is 4.90 Å². The first-order chi connectivity index (χ1) is 9.97. The van der Waals surface area contributed by atoms with Gasteiger partial charge >= 0.3 is 0 Å². The summed E-state index contributed by atoms with van der Waals surface area (Å²) in [6.07, 6.45) is 0.865. The number of benzene rings is 1. The summed E-state index contributed by atoms with van der Waals surface area (Å²) >= 11 is 12.2. The highest BCUT2D eigenvalue weighted by atomic mass is 35.5. The molecule has 0 amide bonds. The largest absolute Gasteiger partial charge is 0.391 e. The topological polar surface area (TPSA) is 32.7 Å². The maximum atomic E-state index is 10.8. The van der Waals surface area contributed by atoms with E-state index in [1.54, 1.807) is 12.1 Å². The van der Waals surface area contributed by atoms with E-state index in [4.69, 9.17) is 27.9 Å². The quantitative estimate of drug-likeness (QED) is 0.897. The van der Waals surface area contributed by atoms with Gasteiger partial charge in [-0.25, -0.2) is 0 Å². The summed E-state index contributed by atoms with van der Waals surface area (Å²) in [4.78, 5) is 2.32. The fourth-order valence-corrected chi connectivity index (χ4v) is 3.26. The van der Waals surface area contributed by atoms with E-state index in [9.17, 15) is 5.11 Å². The van der Waals surface area contributed by atoms with Crippen LogP contribution in [0.15, 0.2) is 18.2 Å². The van der Waals surface area contributed by atoms with Gasteiger partial charge in [0.15, 0.2) is 0 Å². The van der Waals surface area contributed by atoms with Crippen molar-refractivity contribution in [3.05, 3.63) is 33.8 Å². The molecule has 1 aromatic rings. The van der Waals surface area contributed by atoms with Crippen LogP contribution in [0.1, 0.15) is 25.8 Å². The number of morpholine rings is 1. The Bertz CT molecular complexity index is 477. The Balaban J connectivity index is 2.15. The van der Waals surface area contributed by atoms with E-state index in [2.05, 4.69) is 18.7 Å². The van der Waals surface area contributed by atoms with E-state index in [0.717, 1.165) is 38.3 Å². The van der Waals surface area contributed by atoms with Crippen LogP contribution in [0.25, 0.3) is 0 Å². The molecule has 2 rings (SSSR count). The van der Waals surface area contributed by atoms with Crippen molar-refractivity contribution in [2.24, 2.45) is 0 Å². The average Bonchev–Trinajstić information content (AvgIpc) is 2.51. The molecule has 0 bridgehead atoms. The van der Waals surface area contributed by atoms with Crippen molar-refractivity contribution in [3.8, 4) is 0 Å². The molecule has 21 heavy (non-hydrogen) atoms. The number of aliphatic hydroxyl groups excluding tert-OH is 1. The molecule has 1 heterocycles. The lowest BCUT2D eigenvalue weighted by Gasteiger charge is -2.46. The van der Waals surface area contributed by atoms with Gasteiger partial charge < -0.3 is 9.84 Å². The fourth-order valence-electron chi connectivity index (χ4n) is 2.87. The molecule has 3 nitrogen and oxygen atoms in total. The van der Waals surface area contributed by atoms with Crippen LogP contribution in [0.3, 0.4) is 0 Å². The Kier molecular flexibility index (Phi) is 5.92. The molecule has 1 aliphatic heterocycles. The third-order valence-electron chi connectivity index (χ3n) is 4.59. The normalized spacial score (nSPS) is 21.0. The second-order valence-electron chi connectivity index (χ2n) is 5.77. The number of halogens is 2. The average molecular weight is 332 g/mol. The zero-order chi connectivity index (χ0) is 15.5. The van der Waals surface area contributed by atoms with E-state index in [-0.39, 0.29) is 5.54 Å². The standard InChI is InChI=1S/C16H23Cl2NO2/c1-3-16(2,19-6-8-21-9-7-19)15(20)11-12-10-13(17)4-5-14(12)18/h4-5,10,15,20H,3,6-9,11H2,1-2H3. The van der Waals surface area contributed by atoms with Crippen molar-refractivity contribution >= 4 is 23.2 Å². The number of hydrogen-bond acceptors (Lipinski definition) is 3. The molecule has 0 aliphatic carbocycles. The van der Waals surface area contributed by atoms with Gasteiger partial charge in [0.1, 0.15) is 0 Å². The highest BCUT2D eigenvalue weighted by Gasteiger charge is 2.38. The Morgan fingerprint density at radius 1 is 1.33 bits per heavy atom. The van der Waals surface area contributed by atoms with Crippen LogP contribution in [0.4, 0.5) is 0 Å². The van der Waals surface area contributed by atoms with E-state index in [1.165, 1.54) is 0 Å². The van der Waals surface area contributed by atoms with Crippen LogP contribution in [-0.4, -0.2) is 48.0 Å². The highest BCUT2D eigenvalue weighted by molar-refractivity contribution is 6.33. The van der Waals surface area contributed by atoms with Crippen molar-refractivity contribution < 1.29 is 9.84 Å². The number of hydrogen-bond donors (Lipinski definition) is 1. The number of aliphatic hydroxyl groups is 1. The molecule has 1 saturated heterocycles. The third kappa shape index (κ3) is 3.91. The lowest BCUT2D eigenvalue weighted by molar-refractivity contribution is -0.0714. The second kappa shape index (κ2) is 7.30. The third-order valence-corrected chi connectivity index (χ3v) is 5.19. The Morgan fingerprint density at radius 2 is 2.00 bits per heavy atom. The van der Waals surface area contributed by atoms with Gasteiger partial charge in [0.05, 0.1) is 19.3 Å². The molecule has 0 radical (unpaired) electrons. The Hall–Kier alpha value is -0.320. The van der Waals surface area contributed by atoms with Gasteiger partial charge in [0.2, 0.25) is 0 Å². The van der Waals surface area contributed by atoms with Gasteiger partial charge in [0, 0.05) is 35.1 Å². The summed E-state index contributed by atoms with van der Waals surface area (Å²) < 4.78 is 5.41. The first-order valence-electron chi connectivity index (χ1n) is 7.42. The molecule has 1 N–H and O–H groups in total. The molecule has 0 aromatic heterocycles. The monoisotopic (exact) mass is 331 g/mol. The molecular weight excluding hydrogens is 309 g/mol. The minimum absolute atomic E-state index is 0.282. The van der Waals surface area contributed by atoms with Crippen LogP contribution in [0.2, 0.25) is 10.0 Å². The van der Waals surface area contributed by atoms with E-state index in [1.807, 2.05) is 6.07 Å². The first kappa shape index (κ1) is 17.0. The van der Waals surface area contributed by atoms with Crippen LogP contribution >= 0.6 is 23.2 Å². The van der Waals surface area contributed by atoms with Crippen molar-refractivity contribution in [1.82, 2.24) is 4.90 Å². The molecule has 118 valence electrons. The summed E-state index contributed by atoms with van der Waals surface area (Å²) in [6.45, 7) is 7.37. The van der Waals surface area contributed by atoms with Crippen LogP contribution in [0.5, 0.6) is 0 Å².